The monoisotopic (exact) mass is 204 g/mol. The fourth-order valence-corrected chi connectivity index (χ4v) is 1.84. The van der Waals surface area contributed by atoms with Crippen molar-refractivity contribution in [2.24, 2.45) is 5.41 Å². The Kier molecular flexibility index (Phi) is 2.25. The van der Waals surface area contributed by atoms with Crippen molar-refractivity contribution >= 4 is 5.91 Å². The average Bonchev–Trinajstić information content (AvgIpc) is 2.58. The highest BCUT2D eigenvalue weighted by Gasteiger charge is 2.31. The predicted molar refractivity (Wildman–Crippen MR) is 57.9 cm³/mol. The lowest BCUT2D eigenvalue weighted by Crippen LogP contribution is -2.35. The van der Waals surface area contributed by atoms with Crippen LogP contribution >= 0.6 is 0 Å². The predicted octanol–water partition coefficient (Wildman–Crippen LogP) is 1.97. The number of amides is 1. The topological polar surface area (TPSA) is 33.2 Å². The maximum Gasteiger partial charge on any atom is 0.228 e. The summed E-state index contributed by atoms with van der Waals surface area (Å²) in [6.07, 6.45) is 3.63. The van der Waals surface area contributed by atoms with Crippen LogP contribution in [0.5, 0.6) is 0 Å². The molecule has 3 heteroatoms. The van der Waals surface area contributed by atoms with E-state index in [1.54, 1.807) is 6.20 Å². The molecule has 0 radical (unpaired) electrons. The molecule has 3 nitrogen and oxygen atoms in total. The third-order valence-electron chi connectivity index (χ3n) is 2.66. The molecule has 0 spiro atoms. The van der Waals surface area contributed by atoms with Gasteiger partial charge in [0.25, 0.3) is 0 Å². The van der Waals surface area contributed by atoms with Gasteiger partial charge in [0.15, 0.2) is 0 Å². The highest BCUT2D eigenvalue weighted by atomic mass is 16.2. The second-order valence-corrected chi connectivity index (χ2v) is 5.06. The van der Waals surface area contributed by atoms with E-state index in [-0.39, 0.29) is 11.3 Å². The van der Waals surface area contributed by atoms with Gasteiger partial charge in [-0.15, -0.1) is 0 Å². The SMILES string of the molecule is CC(C)(C)C(=O)N1Cc2ccncc2C1. The zero-order chi connectivity index (χ0) is 11.1. The zero-order valence-corrected chi connectivity index (χ0v) is 9.45. The molecule has 0 saturated carbocycles. The molecule has 0 bridgehead atoms. The van der Waals surface area contributed by atoms with E-state index in [4.69, 9.17) is 0 Å². The van der Waals surface area contributed by atoms with Crippen molar-refractivity contribution in [3.63, 3.8) is 0 Å². The van der Waals surface area contributed by atoms with E-state index in [0.717, 1.165) is 6.54 Å². The summed E-state index contributed by atoms with van der Waals surface area (Å²) in [5, 5.41) is 0. The van der Waals surface area contributed by atoms with Crippen LogP contribution in [0.3, 0.4) is 0 Å². The molecule has 0 atom stereocenters. The van der Waals surface area contributed by atoms with Crippen molar-refractivity contribution in [2.75, 3.05) is 0 Å². The van der Waals surface area contributed by atoms with E-state index in [0.29, 0.717) is 6.54 Å². The van der Waals surface area contributed by atoms with Gasteiger partial charge in [-0.3, -0.25) is 9.78 Å². The van der Waals surface area contributed by atoms with Crippen LogP contribution in [0.1, 0.15) is 31.9 Å². The third-order valence-corrected chi connectivity index (χ3v) is 2.66. The number of fused-ring (bicyclic) bond motifs is 1. The number of hydrogen-bond donors (Lipinski definition) is 0. The standard InChI is InChI=1S/C12H16N2O/c1-12(2,3)11(15)14-7-9-4-5-13-6-10(9)8-14/h4-6H,7-8H2,1-3H3. The van der Waals surface area contributed by atoms with E-state index in [2.05, 4.69) is 4.98 Å². The minimum atomic E-state index is -0.296. The molecule has 1 aromatic rings. The van der Waals surface area contributed by atoms with Crippen molar-refractivity contribution < 1.29 is 4.79 Å². The quantitative estimate of drug-likeness (QED) is 0.647. The second-order valence-electron chi connectivity index (χ2n) is 5.06. The molecule has 1 aliphatic heterocycles. The number of carbonyl (C=O) groups is 1. The van der Waals surface area contributed by atoms with Crippen LogP contribution < -0.4 is 0 Å². The molecular weight excluding hydrogens is 188 g/mol. The fraction of sp³-hybridized carbons (Fsp3) is 0.500. The van der Waals surface area contributed by atoms with Crippen molar-refractivity contribution in [3.05, 3.63) is 29.6 Å². The van der Waals surface area contributed by atoms with Crippen molar-refractivity contribution in [3.8, 4) is 0 Å². The largest absolute Gasteiger partial charge is 0.334 e. The summed E-state index contributed by atoms with van der Waals surface area (Å²) in [5.74, 6) is 0.207. The van der Waals surface area contributed by atoms with E-state index in [1.165, 1.54) is 11.1 Å². The van der Waals surface area contributed by atoms with Crippen molar-refractivity contribution in [1.82, 2.24) is 9.88 Å². The van der Waals surface area contributed by atoms with Crippen LogP contribution in [-0.4, -0.2) is 15.8 Å². The summed E-state index contributed by atoms with van der Waals surface area (Å²) >= 11 is 0. The molecule has 0 saturated heterocycles. The van der Waals surface area contributed by atoms with E-state index < -0.39 is 0 Å². The Morgan fingerprint density at radius 2 is 2.00 bits per heavy atom. The fourth-order valence-electron chi connectivity index (χ4n) is 1.84. The lowest BCUT2D eigenvalue weighted by Gasteiger charge is -2.25. The summed E-state index contributed by atoms with van der Waals surface area (Å²) in [4.78, 5) is 18.0. The molecule has 0 aromatic carbocycles. The van der Waals surface area contributed by atoms with Gasteiger partial charge in [0.1, 0.15) is 0 Å². The third kappa shape index (κ3) is 1.87. The van der Waals surface area contributed by atoms with Crippen LogP contribution in [0.15, 0.2) is 18.5 Å². The van der Waals surface area contributed by atoms with Gasteiger partial charge in [-0.2, -0.15) is 0 Å². The van der Waals surface area contributed by atoms with Crippen LogP contribution in [0.2, 0.25) is 0 Å². The number of rotatable bonds is 0. The molecule has 0 N–H and O–H groups in total. The molecule has 0 fully saturated rings. The van der Waals surface area contributed by atoms with Gasteiger partial charge in [-0.25, -0.2) is 0 Å². The minimum absolute atomic E-state index is 0.207. The van der Waals surface area contributed by atoms with Crippen LogP contribution in [0.4, 0.5) is 0 Å². The molecule has 80 valence electrons. The molecular formula is C12H16N2O. The summed E-state index contributed by atoms with van der Waals surface area (Å²) in [5.41, 5.74) is 2.10. The number of carbonyl (C=O) groups excluding carboxylic acids is 1. The van der Waals surface area contributed by atoms with E-state index in [1.807, 2.05) is 37.9 Å². The van der Waals surface area contributed by atoms with Crippen LogP contribution in [0, 0.1) is 5.41 Å². The Labute approximate surface area is 90.1 Å². The summed E-state index contributed by atoms with van der Waals surface area (Å²) in [6.45, 7) is 7.30. The highest BCUT2D eigenvalue weighted by molar-refractivity contribution is 5.82. The number of nitrogens with zero attached hydrogens (tertiary/aromatic N) is 2. The number of hydrogen-bond acceptors (Lipinski definition) is 2. The second kappa shape index (κ2) is 3.33. The first-order valence-electron chi connectivity index (χ1n) is 5.19. The Morgan fingerprint density at radius 3 is 2.60 bits per heavy atom. The highest BCUT2D eigenvalue weighted by Crippen LogP contribution is 2.26. The first kappa shape index (κ1) is 10.1. The maximum atomic E-state index is 12.0. The van der Waals surface area contributed by atoms with Gasteiger partial charge in [0, 0.05) is 30.9 Å². The molecule has 0 aliphatic carbocycles. The summed E-state index contributed by atoms with van der Waals surface area (Å²) < 4.78 is 0. The van der Waals surface area contributed by atoms with Gasteiger partial charge in [-0.1, -0.05) is 20.8 Å². The lowest BCUT2D eigenvalue weighted by atomic mass is 9.95. The molecule has 1 aliphatic rings. The maximum absolute atomic E-state index is 12.0. The van der Waals surface area contributed by atoms with Gasteiger partial charge in [0.2, 0.25) is 5.91 Å². The lowest BCUT2D eigenvalue weighted by molar-refractivity contribution is -0.140. The van der Waals surface area contributed by atoms with Gasteiger partial charge >= 0.3 is 0 Å². The van der Waals surface area contributed by atoms with E-state index >= 15 is 0 Å². The minimum Gasteiger partial charge on any atom is -0.334 e. The first-order chi connectivity index (χ1) is 6.98. The molecule has 1 aromatic heterocycles. The van der Waals surface area contributed by atoms with E-state index in [9.17, 15) is 4.79 Å². The van der Waals surface area contributed by atoms with Gasteiger partial charge < -0.3 is 4.90 Å². The van der Waals surface area contributed by atoms with Crippen LogP contribution in [-0.2, 0) is 17.9 Å². The van der Waals surface area contributed by atoms with Gasteiger partial charge in [0.05, 0.1) is 0 Å². The molecule has 2 heterocycles. The Hall–Kier alpha value is -1.38. The molecule has 2 rings (SSSR count). The molecule has 0 unspecified atom stereocenters. The molecule has 15 heavy (non-hydrogen) atoms. The van der Waals surface area contributed by atoms with Gasteiger partial charge in [-0.05, 0) is 17.2 Å². The average molecular weight is 204 g/mol. The Balaban J connectivity index is 2.17. The zero-order valence-electron chi connectivity index (χ0n) is 9.45. The Bertz CT molecular complexity index is 368. The molecule has 1 amide bonds. The first-order valence-corrected chi connectivity index (χ1v) is 5.19. The Morgan fingerprint density at radius 1 is 1.33 bits per heavy atom. The van der Waals surface area contributed by atoms with Crippen molar-refractivity contribution in [1.29, 1.82) is 0 Å². The van der Waals surface area contributed by atoms with Crippen molar-refractivity contribution in [2.45, 2.75) is 33.9 Å². The normalized spacial score (nSPS) is 15.3. The smallest absolute Gasteiger partial charge is 0.228 e. The summed E-state index contributed by atoms with van der Waals surface area (Å²) in [7, 11) is 0. The number of pyridine rings is 1. The number of aromatic nitrogens is 1. The summed E-state index contributed by atoms with van der Waals surface area (Å²) in [6, 6.07) is 1.99. The van der Waals surface area contributed by atoms with Crippen LogP contribution in [0.25, 0.3) is 0 Å².